The van der Waals surface area contributed by atoms with Crippen molar-refractivity contribution < 1.29 is 24.2 Å². The lowest BCUT2D eigenvalue weighted by Crippen LogP contribution is -2.20. The van der Waals surface area contributed by atoms with Crippen LogP contribution in [0.2, 0.25) is 0 Å². The number of aliphatic carboxylic acids is 1. The second-order valence-corrected chi connectivity index (χ2v) is 7.77. The van der Waals surface area contributed by atoms with Crippen LogP contribution in [0.25, 0.3) is 0 Å². The number of likely N-dealkylation sites (N-methyl/N-ethyl adjacent to an activating group) is 1. The van der Waals surface area contributed by atoms with Crippen molar-refractivity contribution in [1.29, 1.82) is 0 Å². The average molecular weight is 364 g/mol. The predicted molar refractivity (Wildman–Crippen MR) is 94.1 cm³/mol. The second kappa shape index (κ2) is 12.3. The van der Waals surface area contributed by atoms with E-state index < -0.39 is 18.4 Å². The first-order valence-corrected chi connectivity index (χ1v) is 9.68. The van der Waals surface area contributed by atoms with Crippen LogP contribution in [0.3, 0.4) is 0 Å². The molecule has 0 aliphatic rings. The number of carbonyl (C=O) groups excluding carboxylic acids is 2. The highest BCUT2D eigenvalue weighted by atomic mass is 33.1. The molecule has 0 fully saturated rings. The van der Waals surface area contributed by atoms with Crippen LogP contribution >= 0.6 is 21.6 Å². The third kappa shape index (κ3) is 11.1. The molecule has 0 aliphatic heterocycles. The summed E-state index contributed by atoms with van der Waals surface area (Å²) in [7, 11) is 4.73. The third-order valence-electron chi connectivity index (χ3n) is 2.81. The molecule has 0 heterocycles. The van der Waals surface area contributed by atoms with Gasteiger partial charge in [0.05, 0.1) is 6.61 Å². The van der Waals surface area contributed by atoms with Crippen LogP contribution in [-0.2, 0) is 19.1 Å². The minimum absolute atomic E-state index is 0.0630. The molecule has 0 bridgehead atoms. The molecule has 0 aromatic rings. The van der Waals surface area contributed by atoms with E-state index in [-0.39, 0.29) is 12.5 Å². The van der Waals surface area contributed by atoms with Gasteiger partial charge in [-0.1, -0.05) is 35.4 Å². The summed E-state index contributed by atoms with van der Waals surface area (Å²) in [5.74, 6) is -0.578. The first-order chi connectivity index (χ1) is 10.8. The minimum atomic E-state index is -1.22. The van der Waals surface area contributed by atoms with Gasteiger partial charge in [0.25, 0.3) is 0 Å². The maximum atomic E-state index is 11.8. The Morgan fingerprint density at radius 1 is 1.26 bits per heavy atom. The lowest BCUT2D eigenvalue weighted by molar-refractivity contribution is -0.151. The van der Waals surface area contributed by atoms with E-state index in [1.54, 1.807) is 24.8 Å². The molecule has 8 heteroatoms. The average Bonchev–Trinajstić information content (AvgIpc) is 2.47. The van der Waals surface area contributed by atoms with Gasteiger partial charge in [0.15, 0.2) is 0 Å². The Morgan fingerprint density at radius 2 is 1.91 bits per heavy atom. The van der Waals surface area contributed by atoms with Gasteiger partial charge in [-0.05, 0) is 19.3 Å². The number of carboxylic acid groups (broad SMARTS) is 1. The molecule has 0 aromatic heterocycles. The Balaban J connectivity index is 4.53. The van der Waals surface area contributed by atoms with Crippen LogP contribution in [-0.4, -0.2) is 42.4 Å². The Labute approximate surface area is 145 Å². The molecule has 0 radical (unpaired) electrons. The van der Waals surface area contributed by atoms with Crippen LogP contribution < -0.4 is 5.32 Å². The van der Waals surface area contributed by atoms with Gasteiger partial charge >= 0.3 is 11.9 Å². The second-order valence-electron chi connectivity index (χ2n) is 5.26. The summed E-state index contributed by atoms with van der Waals surface area (Å²) in [4.78, 5) is 34.2. The highest BCUT2D eigenvalue weighted by molar-refractivity contribution is 8.78. The molecular formula is C15H25NO5S2. The van der Waals surface area contributed by atoms with E-state index in [1.165, 1.54) is 10.8 Å². The van der Waals surface area contributed by atoms with Crippen molar-refractivity contribution in [2.75, 3.05) is 19.4 Å². The number of esters is 1. The highest BCUT2D eigenvalue weighted by Gasteiger charge is 2.13. The Bertz CT molecular complexity index is 449. The summed E-state index contributed by atoms with van der Waals surface area (Å²) in [6.07, 6.45) is 0.825. The third-order valence-corrected chi connectivity index (χ3v) is 5.50. The Hall–Kier alpha value is -1.15. The van der Waals surface area contributed by atoms with Crippen molar-refractivity contribution in [3.63, 3.8) is 0 Å². The molecule has 0 atom stereocenters. The van der Waals surface area contributed by atoms with Crippen molar-refractivity contribution in [3.05, 3.63) is 10.5 Å². The van der Waals surface area contributed by atoms with Gasteiger partial charge in [-0.3, -0.25) is 14.4 Å². The summed E-state index contributed by atoms with van der Waals surface area (Å²) in [5.41, 5.74) is 0.587. The maximum Gasteiger partial charge on any atom is 0.317 e. The van der Waals surface area contributed by atoms with E-state index >= 15 is 0 Å². The molecule has 0 aromatic carbocycles. The zero-order valence-electron chi connectivity index (χ0n) is 14.0. The molecule has 23 heavy (non-hydrogen) atoms. The molecule has 6 nitrogen and oxygen atoms in total. The van der Waals surface area contributed by atoms with Crippen molar-refractivity contribution in [2.45, 2.75) is 40.0 Å². The minimum Gasteiger partial charge on any atom is -0.481 e. The summed E-state index contributed by atoms with van der Waals surface area (Å²) < 4.78 is 4.88. The lowest BCUT2D eigenvalue weighted by atomic mass is 10.2. The molecule has 0 aliphatic carbocycles. The van der Waals surface area contributed by atoms with Crippen LogP contribution in [0.15, 0.2) is 10.5 Å². The highest BCUT2D eigenvalue weighted by Crippen LogP contribution is 2.35. The number of amides is 1. The SMILES string of the molecule is CNC(=O)/C(C)=C(/CCOC(=O)CC(=O)O)SSCCC(C)C. The number of carbonyl (C=O) groups is 3. The number of hydrogen-bond donors (Lipinski definition) is 2. The smallest absolute Gasteiger partial charge is 0.317 e. The fraction of sp³-hybridized carbons (Fsp3) is 0.667. The number of rotatable bonds is 11. The van der Waals surface area contributed by atoms with E-state index in [2.05, 4.69) is 19.2 Å². The van der Waals surface area contributed by atoms with E-state index in [1.807, 2.05) is 0 Å². The number of ether oxygens (including phenoxy) is 1. The zero-order chi connectivity index (χ0) is 17.8. The summed E-state index contributed by atoms with van der Waals surface area (Å²) in [5, 5.41) is 11.1. The predicted octanol–water partition coefficient (Wildman–Crippen LogP) is 2.84. The number of carboxylic acids is 1. The van der Waals surface area contributed by atoms with Crippen LogP contribution in [0, 0.1) is 5.92 Å². The lowest BCUT2D eigenvalue weighted by Gasteiger charge is -2.11. The monoisotopic (exact) mass is 363 g/mol. The van der Waals surface area contributed by atoms with Crippen molar-refractivity contribution in [3.8, 4) is 0 Å². The number of hydrogen-bond acceptors (Lipinski definition) is 6. The summed E-state index contributed by atoms with van der Waals surface area (Å²) >= 11 is 0. The Kier molecular flexibility index (Phi) is 11.7. The Morgan fingerprint density at radius 3 is 2.43 bits per heavy atom. The normalized spacial score (nSPS) is 11.9. The van der Waals surface area contributed by atoms with E-state index in [0.29, 0.717) is 17.9 Å². The van der Waals surface area contributed by atoms with Crippen molar-refractivity contribution >= 4 is 39.4 Å². The number of nitrogens with one attached hydrogen (secondary N) is 1. The first kappa shape index (κ1) is 21.9. The van der Waals surface area contributed by atoms with Gasteiger partial charge in [0.2, 0.25) is 5.91 Å². The van der Waals surface area contributed by atoms with Gasteiger partial charge in [0, 0.05) is 29.7 Å². The summed E-state index contributed by atoms with van der Waals surface area (Å²) in [6, 6.07) is 0. The zero-order valence-corrected chi connectivity index (χ0v) is 15.6. The first-order valence-electron chi connectivity index (χ1n) is 7.36. The summed E-state index contributed by atoms with van der Waals surface area (Å²) in [6.45, 7) is 6.09. The van der Waals surface area contributed by atoms with Crippen LogP contribution in [0.1, 0.15) is 40.0 Å². The standard InChI is InChI=1S/C15H25NO5S2/c1-10(2)6-8-22-23-12(11(3)15(20)16-4)5-7-21-14(19)9-13(17)18/h10H,5-9H2,1-4H3,(H,16,20)(H,17,18)/b12-11-. The quantitative estimate of drug-likeness (QED) is 0.192. The van der Waals surface area contributed by atoms with Crippen LogP contribution in [0.4, 0.5) is 0 Å². The molecule has 0 saturated carbocycles. The van der Waals surface area contributed by atoms with Gasteiger partial charge in [0.1, 0.15) is 6.42 Å². The molecule has 132 valence electrons. The fourth-order valence-electron chi connectivity index (χ4n) is 1.43. The molecule has 0 spiro atoms. The molecule has 2 N–H and O–H groups in total. The van der Waals surface area contributed by atoms with Crippen molar-refractivity contribution in [2.24, 2.45) is 5.92 Å². The molecule has 1 amide bonds. The van der Waals surface area contributed by atoms with Gasteiger partial charge in [-0.15, -0.1) is 0 Å². The topological polar surface area (TPSA) is 92.7 Å². The van der Waals surface area contributed by atoms with Gasteiger partial charge in [-0.2, -0.15) is 0 Å². The largest absolute Gasteiger partial charge is 0.481 e. The van der Waals surface area contributed by atoms with Crippen LogP contribution in [0.5, 0.6) is 0 Å². The fourth-order valence-corrected chi connectivity index (χ4v) is 4.20. The van der Waals surface area contributed by atoms with Crippen molar-refractivity contribution in [1.82, 2.24) is 5.32 Å². The van der Waals surface area contributed by atoms with Gasteiger partial charge < -0.3 is 15.2 Å². The van der Waals surface area contributed by atoms with E-state index in [0.717, 1.165) is 17.1 Å². The van der Waals surface area contributed by atoms with E-state index in [4.69, 9.17) is 9.84 Å². The van der Waals surface area contributed by atoms with Gasteiger partial charge in [-0.25, -0.2) is 0 Å². The van der Waals surface area contributed by atoms with E-state index in [9.17, 15) is 14.4 Å². The molecule has 0 unspecified atom stereocenters. The molecule has 0 rings (SSSR count). The molecule has 0 saturated heterocycles. The maximum absolute atomic E-state index is 11.8. The molecular weight excluding hydrogens is 338 g/mol.